The number of rotatable bonds is 6. The summed E-state index contributed by atoms with van der Waals surface area (Å²) in [6.07, 6.45) is 7.49. The van der Waals surface area contributed by atoms with Crippen LogP contribution in [-0.4, -0.2) is 22.1 Å². The van der Waals surface area contributed by atoms with Gasteiger partial charge in [0.2, 0.25) is 0 Å². The van der Waals surface area contributed by atoms with Crippen molar-refractivity contribution in [3.8, 4) is 0 Å². The Kier molecular flexibility index (Phi) is 4.81. The predicted octanol–water partition coefficient (Wildman–Crippen LogP) is 2.85. The summed E-state index contributed by atoms with van der Waals surface area (Å²) in [6, 6.07) is 0.671. The van der Waals surface area contributed by atoms with Crippen molar-refractivity contribution in [3.63, 3.8) is 0 Å². The first-order chi connectivity index (χ1) is 8.76. The summed E-state index contributed by atoms with van der Waals surface area (Å²) in [5.74, 6) is 1.20. The van der Waals surface area contributed by atoms with Gasteiger partial charge in [-0.05, 0) is 45.4 Å². The molecule has 0 amide bonds. The van der Waals surface area contributed by atoms with Gasteiger partial charge in [-0.1, -0.05) is 13.8 Å². The number of imidazole rings is 1. The van der Waals surface area contributed by atoms with Gasteiger partial charge in [0.25, 0.3) is 0 Å². The fraction of sp³-hybridized carbons (Fsp3) is 0.800. The SMILES string of the molecule is CCC(CC)NCCn1c(C)nc2c1CCCC2. The van der Waals surface area contributed by atoms with E-state index in [1.807, 2.05) is 0 Å². The fourth-order valence-electron chi connectivity index (χ4n) is 2.99. The Hall–Kier alpha value is -0.830. The normalized spacial score (nSPS) is 15.1. The first kappa shape index (κ1) is 13.6. The standard InChI is InChI=1S/C15H27N3/c1-4-13(5-2)16-10-11-18-12(3)17-14-8-6-7-9-15(14)18/h13,16H,4-11H2,1-3H3. The van der Waals surface area contributed by atoms with Crippen LogP contribution < -0.4 is 5.32 Å². The Morgan fingerprint density at radius 2 is 1.94 bits per heavy atom. The fourth-order valence-corrected chi connectivity index (χ4v) is 2.99. The quantitative estimate of drug-likeness (QED) is 0.840. The lowest BCUT2D eigenvalue weighted by atomic mass is 10.0. The van der Waals surface area contributed by atoms with Crippen LogP contribution in [0.2, 0.25) is 0 Å². The zero-order chi connectivity index (χ0) is 13.0. The minimum Gasteiger partial charge on any atom is -0.331 e. The number of nitrogens with zero attached hydrogens (tertiary/aromatic N) is 2. The lowest BCUT2D eigenvalue weighted by molar-refractivity contribution is 0.458. The molecule has 2 rings (SSSR count). The maximum absolute atomic E-state index is 4.72. The highest BCUT2D eigenvalue weighted by Gasteiger charge is 2.17. The van der Waals surface area contributed by atoms with Gasteiger partial charge in [-0.25, -0.2) is 4.98 Å². The minimum atomic E-state index is 0.671. The van der Waals surface area contributed by atoms with Crippen molar-refractivity contribution in [3.05, 3.63) is 17.2 Å². The maximum Gasteiger partial charge on any atom is 0.106 e. The molecular formula is C15H27N3. The molecule has 1 N–H and O–H groups in total. The number of nitrogens with one attached hydrogen (secondary N) is 1. The summed E-state index contributed by atoms with van der Waals surface area (Å²) >= 11 is 0. The summed E-state index contributed by atoms with van der Waals surface area (Å²) in [6.45, 7) is 8.80. The Morgan fingerprint density at radius 1 is 1.22 bits per heavy atom. The van der Waals surface area contributed by atoms with Gasteiger partial charge < -0.3 is 9.88 Å². The van der Waals surface area contributed by atoms with Crippen molar-refractivity contribution >= 4 is 0 Å². The van der Waals surface area contributed by atoms with E-state index < -0.39 is 0 Å². The van der Waals surface area contributed by atoms with Crippen LogP contribution in [0.5, 0.6) is 0 Å². The first-order valence-electron chi connectivity index (χ1n) is 7.54. The topological polar surface area (TPSA) is 29.9 Å². The van der Waals surface area contributed by atoms with Crippen LogP contribution in [0.1, 0.15) is 56.7 Å². The number of hydrogen-bond acceptors (Lipinski definition) is 2. The number of hydrogen-bond donors (Lipinski definition) is 1. The smallest absolute Gasteiger partial charge is 0.106 e. The monoisotopic (exact) mass is 249 g/mol. The van der Waals surface area contributed by atoms with Gasteiger partial charge >= 0.3 is 0 Å². The Labute approximate surface area is 111 Å². The van der Waals surface area contributed by atoms with Gasteiger partial charge in [0.15, 0.2) is 0 Å². The summed E-state index contributed by atoms with van der Waals surface area (Å²) in [5.41, 5.74) is 2.87. The van der Waals surface area contributed by atoms with Gasteiger partial charge in [-0.15, -0.1) is 0 Å². The van der Waals surface area contributed by atoms with E-state index in [0.29, 0.717) is 6.04 Å². The number of aryl methyl sites for hydroxylation is 2. The largest absolute Gasteiger partial charge is 0.331 e. The third kappa shape index (κ3) is 2.94. The average Bonchev–Trinajstić information content (AvgIpc) is 2.71. The van der Waals surface area contributed by atoms with Gasteiger partial charge in [-0.2, -0.15) is 0 Å². The molecule has 1 aliphatic rings. The molecule has 0 spiro atoms. The predicted molar refractivity (Wildman–Crippen MR) is 76.0 cm³/mol. The molecule has 0 aromatic carbocycles. The van der Waals surface area contributed by atoms with E-state index in [0.717, 1.165) is 13.1 Å². The number of aromatic nitrogens is 2. The second-order valence-electron chi connectivity index (χ2n) is 5.38. The van der Waals surface area contributed by atoms with Crippen LogP contribution in [0.25, 0.3) is 0 Å². The zero-order valence-electron chi connectivity index (χ0n) is 12.1. The molecule has 1 heterocycles. The van der Waals surface area contributed by atoms with Crippen LogP contribution in [0.15, 0.2) is 0 Å². The molecule has 1 aromatic heterocycles. The summed E-state index contributed by atoms with van der Waals surface area (Å²) in [5, 5.41) is 3.64. The third-order valence-electron chi connectivity index (χ3n) is 4.18. The number of fused-ring (bicyclic) bond motifs is 1. The van der Waals surface area contributed by atoms with E-state index >= 15 is 0 Å². The molecule has 3 heteroatoms. The van der Waals surface area contributed by atoms with Crippen LogP contribution in [0.3, 0.4) is 0 Å². The Balaban J connectivity index is 1.95. The van der Waals surface area contributed by atoms with Crippen molar-refractivity contribution in [2.45, 2.75) is 71.9 Å². The Bertz CT molecular complexity index is 377. The van der Waals surface area contributed by atoms with E-state index in [4.69, 9.17) is 4.98 Å². The van der Waals surface area contributed by atoms with Gasteiger partial charge in [0, 0.05) is 24.8 Å². The minimum absolute atomic E-state index is 0.671. The molecule has 1 aromatic rings. The van der Waals surface area contributed by atoms with E-state index in [9.17, 15) is 0 Å². The molecule has 0 unspecified atom stereocenters. The molecule has 18 heavy (non-hydrogen) atoms. The van der Waals surface area contributed by atoms with Crippen molar-refractivity contribution in [1.29, 1.82) is 0 Å². The zero-order valence-corrected chi connectivity index (χ0v) is 12.1. The third-order valence-corrected chi connectivity index (χ3v) is 4.18. The lowest BCUT2D eigenvalue weighted by Crippen LogP contribution is -2.31. The van der Waals surface area contributed by atoms with Gasteiger partial charge in [-0.3, -0.25) is 0 Å². The first-order valence-corrected chi connectivity index (χ1v) is 7.54. The summed E-state index contributed by atoms with van der Waals surface area (Å²) < 4.78 is 2.43. The van der Waals surface area contributed by atoms with Gasteiger partial charge in [0.05, 0.1) is 5.69 Å². The van der Waals surface area contributed by atoms with E-state index in [1.54, 1.807) is 0 Å². The molecule has 0 atom stereocenters. The molecular weight excluding hydrogens is 222 g/mol. The Morgan fingerprint density at radius 3 is 2.67 bits per heavy atom. The van der Waals surface area contributed by atoms with Crippen molar-refractivity contribution in [2.75, 3.05) is 6.54 Å². The summed E-state index contributed by atoms with van der Waals surface area (Å²) in [7, 11) is 0. The van der Waals surface area contributed by atoms with Crippen LogP contribution >= 0.6 is 0 Å². The average molecular weight is 249 g/mol. The molecule has 0 saturated carbocycles. The summed E-state index contributed by atoms with van der Waals surface area (Å²) in [4.78, 5) is 4.72. The van der Waals surface area contributed by atoms with Gasteiger partial charge in [0.1, 0.15) is 5.82 Å². The molecule has 0 bridgehead atoms. The molecule has 0 radical (unpaired) electrons. The van der Waals surface area contributed by atoms with Crippen LogP contribution in [-0.2, 0) is 19.4 Å². The van der Waals surface area contributed by atoms with Crippen molar-refractivity contribution in [2.24, 2.45) is 0 Å². The maximum atomic E-state index is 4.72. The molecule has 3 nitrogen and oxygen atoms in total. The highest BCUT2D eigenvalue weighted by molar-refractivity contribution is 5.19. The second kappa shape index (κ2) is 6.37. The second-order valence-corrected chi connectivity index (χ2v) is 5.38. The highest BCUT2D eigenvalue weighted by Crippen LogP contribution is 2.21. The van der Waals surface area contributed by atoms with E-state index in [-0.39, 0.29) is 0 Å². The van der Waals surface area contributed by atoms with Crippen LogP contribution in [0.4, 0.5) is 0 Å². The van der Waals surface area contributed by atoms with Crippen LogP contribution in [0, 0.1) is 6.92 Å². The molecule has 0 saturated heterocycles. The molecule has 0 aliphatic heterocycles. The highest BCUT2D eigenvalue weighted by atomic mass is 15.1. The molecule has 1 aliphatic carbocycles. The molecule has 0 fully saturated rings. The molecule has 102 valence electrons. The van der Waals surface area contributed by atoms with Crippen molar-refractivity contribution < 1.29 is 0 Å². The van der Waals surface area contributed by atoms with Crippen molar-refractivity contribution in [1.82, 2.24) is 14.9 Å². The van der Waals surface area contributed by atoms with E-state index in [2.05, 4.69) is 30.7 Å². The lowest BCUT2D eigenvalue weighted by Gasteiger charge is -2.18. The van der Waals surface area contributed by atoms with E-state index in [1.165, 1.54) is 55.7 Å².